The summed E-state index contributed by atoms with van der Waals surface area (Å²) in [7, 11) is 0. The molecule has 2 unspecified atom stereocenters. The molecule has 1 aliphatic rings. The number of benzene rings is 1. The monoisotopic (exact) mass is 356 g/mol. The summed E-state index contributed by atoms with van der Waals surface area (Å²) in [4.78, 5) is 25.4. The molecule has 26 heavy (non-hydrogen) atoms. The lowest BCUT2D eigenvalue weighted by atomic mass is 9.91. The third-order valence-electron chi connectivity index (χ3n) is 4.70. The summed E-state index contributed by atoms with van der Waals surface area (Å²) in [6.45, 7) is 6.68. The van der Waals surface area contributed by atoms with Crippen molar-refractivity contribution in [2.75, 3.05) is 18.4 Å². The van der Waals surface area contributed by atoms with Gasteiger partial charge in [-0.15, -0.1) is 5.10 Å². The molecule has 0 radical (unpaired) electrons. The molecule has 3 rings (SSSR count). The first-order valence-corrected chi connectivity index (χ1v) is 8.76. The molecule has 0 bridgehead atoms. The number of carbonyl (C=O) groups excluding carboxylic acids is 1. The van der Waals surface area contributed by atoms with Crippen LogP contribution in [0, 0.1) is 25.7 Å². The first kappa shape index (κ1) is 18.0. The standard InChI is InChI=1S/C19H24N4O3/c1-12-4-6-16(7-5-12)23-14(3)9-17(21-23)20-19(26)22-10-13(2)8-15(11-22)18(24)25/h4-7,9,13,15H,8,10-11H2,1-3H3,(H,24,25)(H,20,21,26). The largest absolute Gasteiger partial charge is 0.481 e. The lowest BCUT2D eigenvalue weighted by Gasteiger charge is -2.34. The molecule has 2 atom stereocenters. The van der Waals surface area contributed by atoms with E-state index in [4.69, 9.17) is 0 Å². The number of aromatic nitrogens is 2. The van der Waals surface area contributed by atoms with E-state index < -0.39 is 11.9 Å². The average Bonchev–Trinajstić information content (AvgIpc) is 2.95. The van der Waals surface area contributed by atoms with Gasteiger partial charge in [0, 0.05) is 24.8 Å². The molecule has 1 saturated heterocycles. The van der Waals surface area contributed by atoms with Crippen LogP contribution in [0.4, 0.5) is 10.6 Å². The highest BCUT2D eigenvalue weighted by Crippen LogP contribution is 2.23. The molecular weight excluding hydrogens is 332 g/mol. The van der Waals surface area contributed by atoms with E-state index in [2.05, 4.69) is 10.4 Å². The fraction of sp³-hybridized carbons (Fsp3) is 0.421. The number of urea groups is 1. The van der Waals surface area contributed by atoms with Gasteiger partial charge in [-0.1, -0.05) is 24.6 Å². The second-order valence-corrected chi connectivity index (χ2v) is 7.13. The normalized spacial score (nSPS) is 20.0. The van der Waals surface area contributed by atoms with Gasteiger partial charge in [-0.25, -0.2) is 9.48 Å². The number of nitrogens with one attached hydrogen (secondary N) is 1. The predicted molar refractivity (Wildman–Crippen MR) is 98.5 cm³/mol. The molecule has 1 aliphatic heterocycles. The SMILES string of the molecule is Cc1ccc(-n2nc(NC(=O)N3CC(C)CC(C(=O)O)C3)cc2C)cc1. The number of likely N-dealkylation sites (tertiary alicyclic amines) is 1. The van der Waals surface area contributed by atoms with Gasteiger partial charge < -0.3 is 10.0 Å². The summed E-state index contributed by atoms with van der Waals surface area (Å²) in [5.41, 5.74) is 2.99. The van der Waals surface area contributed by atoms with Crippen LogP contribution >= 0.6 is 0 Å². The molecular formula is C19H24N4O3. The highest BCUT2D eigenvalue weighted by molar-refractivity contribution is 5.89. The molecule has 1 aromatic heterocycles. The second kappa shape index (κ2) is 7.19. The number of rotatable bonds is 3. The molecule has 1 fully saturated rings. The van der Waals surface area contributed by atoms with E-state index in [0.717, 1.165) is 11.4 Å². The summed E-state index contributed by atoms with van der Waals surface area (Å²) in [6.07, 6.45) is 0.597. The number of anilines is 1. The Morgan fingerprint density at radius 2 is 1.88 bits per heavy atom. The maximum Gasteiger partial charge on any atom is 0.323 e. The van der Waals surface area contributed by atoms with Gasteiger partial charge in [0.05, 0.1) is 11.6 Å². The Morgan fingerprint density at radius 1 is 1.19 bits per heavy atom. The van der Waals surface area contributed by atoms with Crippen LogP contribution in [-0.2, 0) is 4.79 Å². The van der Waals surface area contributed by atoms with Crippen molar-refractivity contribution in [1.29, 1.82) is 0 Å². The number of amides is 2. The fourth-order valence-corrected chi connectivity index (χ4v) is 3.37. The van der Waals surface area contributed by atoms with Crippen LogP contribution in [0.1, 0.15) is 24.6 Å². The maximum absolute atomic E-state index is 12.6. The van der Waals surface area contributed by atoms with Gasteiger partial charge in [0.25, 0.3) is 0 Å². The number of carboxylic acids is 1. The molecule has 2 heterocycles. The summed E-state index contributed by atoms with van der Waals surface area (Å²) in [6, 6.07) is 9.47. The minimum Gasteiger partial charge on any atom is -0.481 e. The zero-order valence-electron chi connectivity index (χ0n) is 15.3. The highest BCUT2D eigenvalue weighted by atomic mass is 16.4. The number of aryl methyl sites for hydroxylation is 2. The zero-order chi connectivity index (χ0) is 18.8. The first-order valence-electron chi connectivity index (χ1n) is 8.76. The smallest absolute Gasteiger partial charge is 0.323 e. The van der Waals surface area contributed by atoms with Crippen LogP contribution in [-0.4, -0.2) is 44.9 Å². The lowest BCUT2D eigenvalue weighted by molar-refractivity contribution is -0.143. The second-order valence-electron chi connectivity index (χ2n) is 7.13. The Labute approximate surface area is 152 Å². The van der Waals surface area contributed by atoms with Gasteiger partial charge in [0.1, 0.15) is 0 Å². The molecule has 2 N–H and O–H groups in total. The van der Waals surface area contributed by atoms with Crippen molar-refractivity contribution in [3.63, 3.8) is 0 Å². The molecule has 2 aromatic rings. The number of aliphatic carboxylic acids is 1. The number of hydrogen-bond donors (Lipinski definition) is 2. The van der Waals surface area contributed by atoms with Crippen LogP contribution in [0.15, 0.2) is 30.3 Å². The number of nitrogens with zero attached hydrogens (tertiary/aromatic N) is 3. The van der Waals surface area contributed by atoms with E-state index in [1.165, 1.54) is 5.56 Å². The lowest BCUT2D eigenvalue weighted by Crippen LogP contribution is -2.47. The van der Waals surface area contributed by atoms with E-state index in [9.17, 15) is 14.7 Å². The molecule has 0 spiro atoms. The Kier molecular flexibility index (Phi) is 4.97. The number of hydrogen-bond acceptors (Lipinski definition) is 3. The van der Waals surface area contributed by atoms with Gasteiger partial charge >= 0.3 is 12.0 Å². The summed E-state index contributed by atoms with van der Waals surface area (Å²) >= 11 is 0. The molecule has 7 heteroatoms. The Bertz CT molecular complexity index is 813. The van der Waals surface area contributed by atoms with E-state index in [1.54, 1.807) is 15.6 Å². The van der Waals surface area contributed by atoms with E-state index in [-0.39, 0.29) is 18.5 Å². The van der Waals surface area contributed by atoms with Gasteiger partial charge in [0.2, 0.25) is 0 Å². The third kappa shape index (κ3) is 3.87. The topological polar surface area (TPSA) is 87.5 Å². The molecule has 0 aliphatic carbocycles. The van der Waals surface area contributed by atoms with Crippen LogP contribution in [0.5, 0.6) is 0 Å². The number of carboxylic acid groups (broad SMARTS) is 1. The molecule has 7 nitrogen and oxygen atoms in total. The molecule has 138 valence electrons. The van der Waals surface area contributed by atoms with E-state index in [0.29, 0.717) is 18.8 Å². The minimum atomic E-state index is -0.853. The van der Waals surface area contributed by atoms with Crippen molar-refractivity contribution in [2.45, 2.75) is 27.2 Å². The zero-order valence-corrected chi connectivity index (χ0v) is 15.3. The number of carbonyl (C=O) groups is 2. The Hall–Kier alpha value is -2.83. The Morgan fingerprint density at radius 3 is 2.54 bits per heavy atom. The minimum absolute atomic E-state index is 0.155. The van der Waals surface area contributed by atoms with Crippen LogP contribution in [0.25, 0.3) is 5.69 Å². The van der Waals surface area contributed by atoms with Gasteiger partial charge in [0.15, 0.2) is 5.82 Å². The molecule has 1 aromatic carbocycles. The third-order valence-corrected chi connectivity index (χ3v) is 4.70. The highest BCUT2D eigenvalue weighted by Gasteiger charge is 2.32. The van der Waals surface area contributed by atoms with Crippen LogP contribution in [0.3, 0.4) is 0 Å². The summed E-state index contributed by atoms with van der Waals surface area (Å²) in [5, 5.41) is 16.5. The van der Waals surface area contributed by atoms with Gasteiger partial charge in [-0.2, -0.15) is 0 Å². The maximum atomic E-state index is 12.6. The van der Waals surface area contributed by atoms with Crippen molar-refractivity contribution in [1.82, 2.24) is 14.7 Å². The van der Waals surface area contributed by atoms with E-state index >= 15 is 0 Å². The van der Waals surface area contributed by atoms with Crippen molar-refractivity contribution in [3.8, 4) is 5.69 Å². The number of piperidine rings is 1. The van der Waals surface area contributed by atoms with Gasteiger partial charge in [-0.3, -0.25) is 10.1 Å². The first-order chi connectivity index (χ1) is 12.3. The summed E-state index contributed by atoms with van der Waals surface area (Å²) < 4.78 is 1.77. The van der Waals surface area contributed by atoms with E-state index in [1.807, 2.05) is 45.0 Å². The Balaban J connectivity index is 1.72. The molecule has 2 amide bonds. The summed E-state index contributed by atoms with van der Waals surface area (Å²) in [5.74, 6) is -0.758. The van der Waals surface area contributed by atoms with Crippen molar-refractivity contribution < 1.29 is 14.7 Å². The predicted octanol–water partition coefficient (Wildman–Crippen LogP) is 3.06. The van der Waals surface area contributed by atoms with Crippen LogP contribution in [0.2, 0.25) is 0 Å². The van der Waals surface area contributed by atoms with Crippen molar-refractivity contribution in [3.05, 3.63) is 41.6 Å². The van der Waals surface area contributed by atoms with Crippen LogP contribution < -0.4 is 5.32 Å². The molecule has 0 saturated carbocycles. The van der Waals surface area contributed by atoms with Gasteiger partial charge in [-0.05, 0) is 38.3 Å². The fourth-order valence-electron chi connectivity index (χ4n) is 3.37. The average molecular weight is 356 g/mol. The van der Waals surface area contributed by atoms with Crippen molar-refractivity contribution >= 4 is 17.8 Å². The van der Waals surface area contributed by atoms with Crippen molar-refractivity contribution in [2.24, 2.45) is 11.8 Å². The quantitative estimate of drug-likeness (QED) is 0.885.